The van der Waals surface area contributed by atoms with Crippen LogP contribution in [0.2, 0.25) is 0 Å². The van der Waals surface area contributed by atoms with Gasteiger partial charge >= 0.3 is 0 Å². The van der Waals surface area contributed by atoms with Gasteiger partial charge in [0.05, 0.1) is 12.5 Å². The Hall–Kier alpha value is -0.940. The molecular weight excluding hydrogens is 254 g/mol. The van der Waals surface area contributed by atoms with Crippen molar-refractivity contribution in [3.8, 4) is 0 Å². The zero-order valence-electron chi connectivity index (χ0n) is 12.9. The lowest BCUT2D eigenvalue weighted by Gasteiger charge is -2.24. The van der Waals surface area contributed by atoms with E-state index in [9.17, 15) is 9.59 Å². The van der Waals surface area contributed by atoms with Crippen LogP contribution in [0.4, 0.5) is 0 Å². The van der Waals surface area contributed by atoms with Crippen LogP contribution in [0.5, 0.6) is 0 Å². The first kappa shape index (κ1) is 15.4. The molecule has 2 unspecified atom stereocenters. The fraction of sp³-hybridized carbons (Fsp3) is 0.867. The van der Waals surface area contributed by atoms with Crippen molar-refractivity contribution in [1.82, 2.24) is 15.1 Å². The minimum absolute atomic E-state index is 0.00950. The Morgan fingerprint density at radius 1 is 1.30 bits per heavy atom. The number of amides is 2. The number of likely N-dealkylation sites (tertiary alicyclic amines) is 2. The highest BCUT2D eigenvalue weighted by atomic mass is 16.2. The summed E-state index contributed by atoms with van der Waals surface area (Å²) in [5, 5.41) is 3.32. The Labute approximate surface area is 121 Å². The summed E-state index contributed by atoms with van der Waals surface area (Å²) in [5.74, 6) is 0.574. The van der Waals surface area contributed by atoms with Crippen molar-refractivity contribution in [2.45, 2.75) is 51.6 Å². The summed E-state index contributed by atoms with van der Waals surface area (Å²) in [5.41, 5.74) is 0. The molecule has 0 spiro atoms. The Morgan fingerprint density at radius 3 is 2.55 bits per heavy atom. The normalized spacial score (nSPS) is 28.1. The van der Waals surface area contributed by atoms with E-state index in [0.29, 0.717) is 12.3 Å². The van der Waals surface area contributed by atoms with Gasteiger partial charge in [0.2, 0.25) is 11.8 Å². The van der Waals surface area contributed by atoms with Gasteiger partial charge < -0.3 is 10.2 Å². The van der Waals surface area contributed by atoms with Crippen molar-refractivity contribution in [2.24, 2.45) is 5.92 Å². The zero-order chi connectivity index (χ0) is 14.7. The van der Waals surface area contributed by atoms with Crippen LogP contribution in [0.25, 0.3) is 0 Å². The lowest BCUT2D eigenvalue weighted by molar-refractivity contribution is -0.141. The van der Waals surface area contributed by atoms with Gasteiger partial charge in [-0.15, -0.1) is 0 Å². The summed E-state index contributed by atoms with van der Waals surface area (Å²) in [7, 11) is 2.12. The highest BCUT2D eigenvalue weighted by molar-refractivity contribution is 6.05. The smallest absolute Gasteiger partial charge is 0.247 e. The maximum atomic E-state index is 12.4. The molecule has 0 aliphatic carbocycles. The molecule has 2 aliphatic rings. The second-order valence-electron chi connectivity index (χ2n) is 6.15. The summed E-state index contributed by atoms with van der Waals surface area (Å²) in [4.78, 5) is 28.2. The maximum absolute atomic E-state index is 12.4. The topological polar surface area (TPSA) is 52.7 Å². The molecule has 0 aromatic heterocycles. The predicted molar refractivity (Wildman–Crippen MR) is 78.2 cm³/mol. The van der Waals surface area contributed by atoms with Crippen molar-refractivity contribution < 1.29 is 9.59 Å². The molecule has 114 valence electrons. The van der Waals surface area contributed by atoms with E-state index in [4.69, 9.17) is 0 Å². The number of imide groups is 1. The quantitative estimate of drug-likeness (QED) is 0.733. The van der Waals surface area contributed by atoms with Gasteiger partial charge in [0, 0.05) is 12.6 Å². The molecular formula is C15H27N3O2. The molecule has 0 aromatic carbocycles. The van der Waals surface area contributed by atoms with Crippen molar-refractivity contribution >= 4 is 11.8 Å². The second-order valence-corrected chi connectivity index (χ2v) is 6.15. The van der Waals surface area contributed by atoms with E-state index in [1.807, 2.05) is 13.8 Å². The number of nitrogens with zero attached hydrogens (tertiary/aromatic N) is 2. The molecule has 2 aliphatic heterocycles. The van der Waals surface area contributed by atoms with Crippen molar-refractivity contribution in [2.75, 3.05) is 26.7 Å². The monoisotopic (exact) mass is 281 g/mol. The Morgan fingerprint density at radius 2 is 2.00 bits per heavy atom. The van der Waals surface area contributed by atoms with E-state index in [-0.39, 0.29) is 23.9 Å². The first-order valence-electron chi connectivity index (χ1n) is 7.84. The van der Waals surface area contributed by atoms with Crippen LogP contribution in [0, 0.1) is 5.92 Å². The molecule has 1 N–H and O–H groups in total. The molecule has 0 saturated carbocycles. The lowest BCUT2D eigenvalue weighted by atomic mass is 10.1. The summed E-state index contributed by atoms with van der Waals surface area (Å²) < 4.78 is 0. The van der Waals surface area contributed by atoms with E-state index in [2.05, 4.69) is 17.3 Å². The average molecular weight is 281 g/mol. The molecule has 2 rings (SSSR count). The summed E-state index contributed by atoms with van der Waals surface area (Å²) in [6.45, 7) is 7.11. The molecule has 20 heavy (non-hydrogen) atoms. The molecule has 0 aromatic rings. The summed E-state index contributed by atoms with van der Waals surface area (Å²) >= 11 is 0. The average Bonchev–Trinajstić information content (AvgIpc) is 2.95. The maximum Gasteiger partial charge on any atom is 0.247 e. The van der Waals surface area contributed by atoms with E-state index >= 15 is 0 Å². The molecule has 5 nitrogen and oxygen atoms in total. The van der Waals surface area contributed by atoms with Gasteiger partial charge in [0.25, 0.3) is 0 Å². The third-order valence-electron chi connectivity index (χ3n) is 4.63. The van der Waals surface area contributed by atoms with Gasteiger partial charge in [-0.25, -0.2) is 0 Å². The van der Waals surface area contributed by atoms with Crippen LogP contribution < -0.4 is 5.32 Å². The Kier molecular flexibility index (Phi) is 5.16. The van der Waals surface area contributed by atoms with Gasteiger partial charge in [0.15, 0.2) is 0 Å². The van der Waals surface area contributed by atoms with E-state index in [1.165, 1.54) is 11.3 Å². The van der Waals surface area contributed by atoms with Crippen molar-refractivity contribution in [1.29, 1.82) is 0 Å². The number of hydrogen-bond donors (Lipinski definition) is 1. The van der Waals surface area contributed by atoms with Gasteiger partial charge in [-0.3, -0.25) is 14.5 Å². The molecule has 2 amide bonds. The van der Waals surface area contributed by atoms with E-state index in [0.717, 1.165) is 32.5 Å². The number of rotatable bonds is 6. The van der Waals surface area contributed by atoms with Crippen LogP contribution in [0.15, 0.2) is 0 Å². The fourth-order valence-corrected chi connectivity index (χ4v) is 3.35. The highest BCUT2D eigenvalue weighted by Gasteiger charge is 2.41. The number of carbonyl (C=O) groups is 2. The predicted octanol–water partition coefficient (Wildman–Crippen LogP) is 0.844. The van der Waals surface area contributed by atoms with Gasteiger partial charge in [0.1, 0.15) is 0 Å². The third-order valence-corrected chi connectivity index (χ3v) is 4.63. The third kappa shape index (κ3) is 3.20. The van der Waals surface area contributed by atoms with Crippen LogP contribution in [-0.4, -0.2) is 60.4 Å². The molecule has 0 bridgehead atoms. The van der Waals surface area contributed by atoms with Crippen molar-refractivity contribution in [3.63, 3.8) is 0 Å². The SMILES string of the molecule is CCC(CC)N1C(=O)CC(NCC2CCN(C)C2)C1=O. The standard InChI is InChI=1S/C15H27N3O2/c1-4-12(5-2)18-14(19)8-13(15(18)20)16-9-11-6-7-17(3)10-11/h11-13,16H,4-10H2,1-3H3. The summed E-state index contributed by atoms with van der Waals surface area (Å²) in [6, 6.07) is -0.228. The van der Waals surface area contributed by atoms with E-state index < -0.39 is 0 Å². The minimum atomic E-state index is -0.297. The van der Waals surface area contributed by atoms with E-state index in [1.54, 1.807) is 0 Å². The van der Waals surface area contributed by atoms with Crippen LogP contribution >= 0.6 is 0 Å². The molecule has 0 radical (unpaired) electrons. The molecule has 2 heterocycles. The van der Waals surface area contributed by atoms with Crippen LogP contribution in [0.1, 0.15) is 39.5 Å². The first-order chi connectivity index (χ1) is 9.56. The first-order valence-corrected chi connectivity index (χ1v) is 7.84. The number of nitrogens with one attached hydrogen (secondary N) is 1. The molecule has 5 heteroatoms. The van der Waals surface area contributed by atoms with Gasteiger partial charge in [-0.05, 0) is 45.3 Å². The lowest BCUT2D eigenvalue weighted by Crippen LogP contribution is -2.44. The number of carbonyl (C=O) groups excluding carboxylic acids is 2. The minimum Gasteiger partial charge on any atom is -0.306 e. The number of hydrogen-bond acceptors (Lipinski definition) is 4. The Balaban J connectivity index is 1.88. The highest BCUT2D eigenvalue weighted by Crippen LogP contribution is 2.21. The van der Waals surface area contributed by atoms with Crippen LogP contribution in [0.3, 0.4) is 0 Å². The molecule has 2 saturated heterocycles. The fourth-order valence-electron chi connectivity index (χ4n) is 3.35. The van der Waals surface area contributed by atoms with Crippen LogP contribution in [-0.2, 0) is 9.59 Å². The Bertz CT molecular complexity index is 368. The second kappa shape index (κ2) is 6.68. The molecule has 2 fully saturated rings. The van der Waals surface area contributed by atoms with Crippen molar-refractivity contribution in [3.05, 3.63) is 0 Å². The van der Waals surface area contributed by atoms with Gasteiger partial charge in [-0.2, -0.15) is 0 Å². The molecule has 2 atom stereocenters. The summed E-state index contributed by atoms with van der Waals surface area (Å²) in [6.07, 6.45) is 3.19. The largest absolute Gasteiger partial charge is 0.306 e. The van der Waals surface area contributed by atoms with Gasteiger partial charge in [-0.1, -0.05) is 13.8 Å². The zero-order valence-corrected chi connectivity index (χ0v) is 12.9.